The van der Waals surface area contributed by atoms with Gasteiger partial charge in [0.25, 0.3) is 0 Å². The van der Waals surface area contributed by atoms with E-state index in [4.69, 9.17) is 0 Å². The molecular weight excluding hydrogens is 401 g/mol. The molecular formula is C22H18F5N3. The fourth-order valence-corrected chi connectivity index (χ4v) is 3.88. The molecule has 1 aliphatic heterocycles. The molecule has 30 heavy (non-hydrogen) atoms. The maximum atomic E-state index is 15.5. The van der Waals surface area contributed by atoms with Crippen LogP contribution in [-0.4, -0.2) is 28.7 Å². The number of aromatic nitrogens is 2. The fourth-order valence-electron chi connectivity index (χ4n) is 3.88. The van der Waals surface area contributed by atoms with E-state index >= 15 is 4.39 Å². The van der Waals surface area contributed by atoms with Gasteiger partial charge >= 0.3 is 6.18 Å². The third kappa shape index (κ3) is 3.79. The number of benzene rings is 2. The molecule has 4 rings (SSSR count). The quantitative estimate of drug-likeness (QED) is 0.521. The lowest BCUT2D eigenvalue weighted by Crippen LogP contribution is -2.18. The Hall–Kier alpha value is -2.87. The normalized spacial score (nSPS) is 17.5. The second-order valence-corrected chi connectivity index (χ2v) is 7.40. The van der Waals surface area contributed by atoms with Gasteiger partial charge in [0, 0.05) is 23.6 Å². The van der Waals surface area contributed by atoms with E-state index in [1.54, 1.807) is 24.3 Å². The van der Waals surface area contributed by atoms with Crippen LogP contribution < -0.4 is 0 Å². The van der Waals surface area contributed by atoms with E-state index < -0.39 is 17.7 Å². The molecule has 0 spiro atoms. The van der Waals surface area contributed by atoms with Gasteiger partial charge in [0.05, 0.1) is 5.69 Å². The summed E-state index contributed by atoms with van der Waals surface area (Å²) >= 11 is 0. The SMILES string of the molecule is CN1CCC(c2ccccc2F)c2ccc(-c3ccc(C(F)(F)F)nn3)c(F)c2C1. The maximum absolute atomic E-state index is 15.5. The van der Waals surface area contributed by atoms with E-state index in [9.17, 15) is 17.6 Å². The number of hydrogen-bond donors (Lipinski definition) is 0. The van der Waals surface area contributed by atoms with Gasteiger partial charge < -0.3 is 4.90 Å². The lowest BCUT2D eigenvalue weighted by atomic mass is 9.85. The standard InChI is InChI=1S/C22H18F5N3/c1-30-11-10-14(15-4-2-3-5-18(15)23)13-6-7-16(21(24)17(13)12-30)19-8-9-20(29-28-19)22(25,26)27/h2-9,14H,10-12H2,1H3. The maximum Gasteiger partial charge on any atom is 0.435 e. The molecule has 3 aromatic rings. The summed E-state index contributed by atoms with van der Waals surface area (Å²) in [5.41, 5.74) is 0.500. The Morgan fingerprint density at radius 1 is 0.933 bits per heavy atom. The zero-order valence-corrected chi connectivity index (χ0v) is 16.0. The van der Waals surface area contributed by atoms with E-state index in [0.717, 1.165) is 12.1 Å². The van der Waals surface area contributed by atoms with E-state index in [0.29, 0.717) is 36.2 Å². The molecule has 0 bridgehead atoms. The summed E-state index contributed by atoms with van der Waals surface area (Å²) in [6, 6.07) is 11.5. The van der Waals surface area contributed by atoms with Crippen LogP contribution in [0, 0.1) is 11.6 Å². The first-order valence-electron chi connectivity index (χ1n) is 9.41. The van der Waals surface area contributed by atoms with Crippen LogP contribution in [0.15, 0.2) is 48.5 Å². The molecule has 156 valence electrons. The van der Waals surface area contributed by atoms with Crippen molar-refractivity contribution in [2.75, 3.05) is 13.6 Å². The van der Waals surface area contributed by atoms with E-state index in [1.807, 2.05) is 11.9 Å². The van der Waals surface area contributed by atoms with Gasteiger partial charge in [-0.15, -0.1) is 10.2 Å². The molecule has 1 atom stereocenters. The summed E-state index contributed by atoms with van der Waals surface area (Å²) in [6.45, 7) is 0.941. The lowest BCUT2D eigenvalue weighted by molar-refractivity contribution is -0.141. The van der Waals surface area contributed by atoms with Gasteiger partial charge in [-0.05, 0) is 55.4 Å². The molecule has 1 aromatic heterocycles. The van der Waals surface area contributed by atoms with E-state index in [1.165, 1.54) is 12.1 Å². The van der Waals surface area contributed by atoms with Crippen molar-refractivity contribution in [2.24, 2.45) is 0 Å². The van der Waals surface area contributed by atoms with Gasteiger partial charge in [-0.3, -0.25) is 0 Å². The van der Waals surface area contributed by atoms with Gasteiger partial charge in [-0.1, -0.05) is 24.3 Å². The first kappa shape index (κ1) is 20.4. The van der Waals surface area contributed by atoms with Gasteiger partial charge in [-0.2, -0.15) is 13.2 Å². The number of rotatable bonds is 2. The van der Waals surface area contributed by atoms with Gasteiger partial charge in [0.15, 0.2) is 5.69 Å². The Kier molecular flexibility index (Phi) is 5.27. The van der Waals surface area contributed by atoms with Crippen molar-refractivity contribution in [1.82, 2.24) is 15.1 Å². The summed E-state index contributed by atoms with van der Waals surface area (Å²) in [6.07, 6.45) is -4.00. The van der Waals surface area contributed by atoms with Crippen molar-refractivity contribution in [3.63, 3.8) is 0 Å². The van der Waals surface area contributed by atoms with Crippen LogP contribution in [0.4, 0.5) is 22.0 Å². The summed E-state index contributed by atoms with van der Waals surface area (Å²) < 4.78 is 68.2. The van der Waals surface area contributed by atoms with Crippen molar-refractivity contribution < 1.29 is 22.0 Å². The number of fused-ring (bicyclic) bond motifs is 1. The van der Waals surface area contributed by atoms with Gasteiger partial charge in [0.1, 0.15) is 11.6 Å². The minimum absolute atomic E-state index is 0.0117. The smallest absolute Gasteiger partial charge is 0.302 e. The second-order valence-electron chi connectivity index (χ2n) is 7.40. The van der Waals surface area contributed by atoms with Crippen LogP contribution in [0.2, 0.25) is 0 Å². The summed E-state index contributed by atoms with van der Waals surface area (Å²) in [7, 11) is 1.84. The molecule has 0 saturated carbocycles. The average molecular weight is 419 g/mol. The fraction of sp³-hybridized carbons (Fsp3) is 0.273. The molecule has 2 aromatic carbocycles. The Bertz CT molecular complexity index is 1060. The molecule has 0 amide bonds. The summed E-state index contributed by atoms with van der Waals surface area (Å²) in [5, 5.41) is 6.76. The molecule has 0 radical (unpaired) electrons. The van der Waals surface area contributed by atoms with Crippen molar-refractivity contribution in [1.29, 1.82) is 0 Å². The molecule has 0 aliphatic carbocycles. The largest absolute Gasteiger partial charge is 0.435 e. The van der Waals surface area contributed by atoms with Gasteiger partial charge in [-0.25, -0.2) is 8.78 Å². The Morgan fingerprint density at radius 2 is 1.70 bits per heavy atom. The van der Waals surface area contributed by atoms with Crippen molar-refractivity contribution >= 4 is 0 Å². The molecule has 1 aliphatic rings. The predicted octanol–water partition coefficient (Wildman–Crippen LogP) is 5.41. The predicted molar refractivity (Wildman–Crippen MR) is 102 cm³/mol. The summed E-state index contributed by atoms with van der Waals surface area (Å²) in [5.74, 6) is -1.25. The minimum Gasteiger partial charge on any atom is -0.302 e. The highest BCUT2D eigenvalue weighted by Crippen LogP contribution is 2.38. The van der Waals surface area contributed by atoms with Crippen LogP contribution in [0.5, 0.6) is 0 Å². The summed E-state index contributed by atoms with van der Waals surface area (Å²) in [4.78, 5) is 1.94. The highest BCUT2D eigenvalue weighted by Gasteiger charge is 2.33. The average Bonchev–Trinajstić information content (AvgIpc) is 2.87. The lowest BCUT2D eigenvalue weighted by Gasteiger charge is -2.20. The molecule has 0 saturated heterocycles. The molecule has 0 N–H and O–H groups in total. The first-order valence-corrected chi connectivity index (χ1v) is 9.41. The number of hydrogen-bond acceptors (Lipinski definition) is 3. The van der Waals surface area contributed by atoms with E-state index in [-0.39, 0.29) is 23.0 Å². The molecule has 3 nitrogen and oxygen atoms in total. The molecule has 2 heterocycles. The highest BCUT2D eigenvalue weighted by molar-refractivity contribution is 5.62. The van der Waals surface area contributed by atoms with Crippen LogP contribution >= 0.6 is 0 Å². The number of nitrogens with zero attached hydrogens (tertiary/aromatic N) is 3. The van der Waals surface area contributed by atoms with Gasteiger partial charge in [0.2, 0.25) is 0 Å². The Labute approximate surface area is 170 Å². The van der Waals surface area contributed by atoms with Crippen molar-refractivity contribution in [2.45, 2.75) is 25.1 Å². The van der Waals surface area contributed by atoms with E-state index in [2.05, 4.69) is 10.2 Å². The zero-order chi connectivity index (χ0) is 21.5. The van der Waals surface area contributed by atoms with Crippen LogP contribution in [-0.2, 0) is 12.7 Å². The molecule has 8 heteroatoms. The Balaban J connectivity index is 1.80. The minimum atomic E-state index is -4.62. The Morgan fingerprint density at radius 3 is 2.37 bits per heavy atom. The zero-order valence-electron chi connectivity index (χ0n) is 16.0. The highest BCUT2D eigenvalue weighted by atomic mass is 19.4. The first-order chi connectivity index (χ1) is 14.3. The molecule has 0 fully saturated rings. The number of halogens is 5. The van der Waals surface area contributed by atoms with Crippen LogP contribution in [0.25, 0.3) is 11.3 Å². The molecule has 1 unspecified atom stereocenters. The topological polar surface area (TPSA) is 29.0 Å². The van der Waals surface area contributed by atoms with Crippen LogP contribution in [0.3, 0.4) is 0 Å². The van der Waals surface area contributed by atoms with Crippen LogP contribution in [0.1, 0.15) is 34.7 Å². The van der Waals surface area contributed by atoms with Crippen molar-refractivity contribution in [3.8, 4) is 11.3 Å². The monoisotopic (exact) mass is 419 g/mol. The second kappa shape index (κ2) is 7.75. The third-order valence-electron chi connectivity index (χ3n) is 5.39. The third-order valence-corrected chi connectivity index (χ3v) is 5.39. The van der Waals surface area contributed by atoms with Crippen molar-refractivity contribution in [3.05, 3.63) is 82.5 Å². The number of alkyl halides is 3.